The molecule has 0 heterocycles. The molecule has 0 fully saturated rings. The third-order valence-corrected chi connectivity index (χ3v) is 10.6. The summed E-state index contributed by atoms with van der Waals surface area (Å²) in [7, 11) is 0. The van der Waals surface area contributed by atoms with Crippen LogP contribution >= 0.6 is 0 Å². The topological polar surface area (TPSA) is 3.24 Å². The molecule has 0 saturated carbocycles. The van der Waals surface area contributed by atoms with E-state index in [-0.39, 0.29) is 0 Å². The summed E-state index contributed by atoms with van der Waals surface area (Å²) in [5, 5.41) is 10.2. The van der Waals surface area contributed by atoms with E-state index in [1.807, 2.05) is 0 Å². The molecule has 0 aliphatic rings. The average molecular weight is 674 g/mol. The number of hydrogen-bond donors (Lipinski definition) is 0. The Morgan fingerprint density at radius 2 is 0.679 bits per heavy atom. The van der Waals surface area contributed by atoms with Crippen molar-refractivity contribution in [1.29, 1.82) is 0 Å². The minimum atomic E-state index is 1.10. The smallest absolute Gasteiger partial charge is 0.0467 e. The van der Waals surface area contributed by atoms with Gasteiger partial charge in [0.25, 0.3) is 0 Å². The van der Waals surface area contributed by atoms with Crippen LogP contribution in [0.3, 0.4) is 0 Å². The third-order valence-electron chi connectivity index (χ3n) is 10.6. The predicted molar refractivity (Wildman–Crippen MR) is 227 cm³/mol. The van der Waals surface area contributed by atoms with Gasteiger partial charge in [-0.3, -0.25) is 0 Å². The normalized spacial score (nSPS) is 11.4. The molecule has 0 N–H and O–H groups in total. The molecule has 0 saturated heterocycles. The largest absolute Gasteiger partial charge is 0.310 e. The van der Waals surface area contributed by atoms with Gasteiger partial charge < -0.3 is 4.90 Å². The molecule has 53 heavy (non-hydrogen) atoms. The highest BCUT2D eigenvalue weighted by molar-refractivity contribution is 6.25. The van der Waals surface area contributed by atoms with Crippen molar-refractivity contribution in [3.63, 3.8) is 0 Å². The number of fused-ring (bicyclic) bond motifs is 7. The van der Waals surface area contributed by atoms with Crippen LogP contribution in [0.15, 0.2) is 212 Å². The van der Waals surface area contributed by atoms with E-state index < -0.39 is 0 Å². The molecule has 0 aliphatic heterocycles. The van der Waals surface area contributed by atoms with Crippen molar-refractivity contribution >= 4 is 60.2 Å². The van der Waals surface area contributed by atoms with Gasteiger partial charge in [0.2, 0.25) is 0 Å². The van der Waals surface area contributed by atoms with Gasteiger partial charge in [0.15, 0.2) is 0 Å². The highest BCUT2D eigenvalue weighted by Crippen LogP contribution is 2.41. The van der Waals surface area contributed by atoms with E-state index >= 15 is 0 Å². The zero-order valence-corrected chi connectivity index (χ0v) is 29.2. The van der Waals surface area contributed by atoms with E-state index in [0.29, 0.717) is 0 Å². The van der Waals surface area contributed by atoms with Crippen LogP contribution in [0.5, 0.6) is 0 Å². The van der Waals surface area contributed by atoms with Gasteiger partial charge in [-0.2, -0.15) is 0 Å². The summed E-state index contributed by atoms with van der Waals surface area (Å²) in [4.78, 5) is 2.38. The molecular weight excluding hydrogens is 639 g/mol. The van der Waals surface area contributed by atoms with Gasteiger partial charge in [-0.25, -0.2) is 0 Å². The van der Waals surface area contributed by atoms with Crippen LogP contribution < -0.4 is 4.90 Å². The first-order valence-corrected chi connectivity index (χ1v) is 18.3. The van der Waals surface area contributed by atoms with E-state index in [9.17, 15) is 0 Å². The van der Waals surface area contributed by atoms with Crippen molar-refractivity contribution < 1.29 is 0 Å². The Kier molecular flexibility index (Phi) is 7.55. The molecule has 10 aromatic rings. The molecule has 10 rings (SSSR count). The van der Waals surface area contributed by atoms with Crippen LogP contribution in [-0.4, -0.2) is 0 Å². The minimum Gasteiger partial charge on any atom is -0.310 e. The number of benzene rings is 10. The lowest BCUT2D eigenvalue weighted by Gasteiger charge is -2.27. The lowest BCUT2D eigenvalue weighted by molar-refractivity contribution is 1.28. The maximum Gasteiger partial charge on any atom is 0.0467 e. The number of nitrogens with zero attached hydrogens (tertiary/aromatic N) is 1. The van der Waals surface area contributed by atoms with Gasteiger partial charge in [-0.05, 0) is 119 Å². The van der Waals surface area contributed by atoms with Gasteiger partial charge in [-0.1, -0.05) is 170 Å². The molecular formula is C52H35N. The fourth-order valence-electron chi connectivity index (χ4n) is 8.08. The quantitative estimate of drug-likeness (QED) is 0.159. The van der Waals surface area contributed by atoms with E-state index in [4.69, 9.17) is 0 Å². The second-order valence-electron chi connectivity index (χ2n) is 13.7. The zero-order valence-electron chi connectivity index (χ0n) is 29.2. The highest BCUT2D eigenvalue weighted by Gasteiger charge is 2.16. The van der Waals surface area contributed by atoms with Crippen molar-refractivity contribution in [3.05, 3.63) is 212 Å². The molecule has 0 radical (unpaired) electrons. The van der Waals surface area contributed by atoms with Crippen molar-refractivity contribution in [3.8, 4) is 33.4 Å². The molecule has 10 aromatic carbocycles. The Bertz CT molecular complexity index is 2900. The lowest BCUT2D eigenvalue weighted by Crippen LogP contribution is -2.10. The maximum atomic E-state index is 2.38. The molecule has 0 spiro atoms. The van der Waals surface area contributed by atoms with Crippen molar-refractivity contribution in [2.75, 3.05) is 4.90 Å². The summed E-state index contributed by atoms with van der Waals surface area (Å²) in [6.07, 6.45) is 0. The first kappa shape index (κ1) is 30.8. The number of anilines is 3. The van der Waals surface area contributed by atoms with Crippen molar-refractivity contribution in [1.82, 2.24) is 0 Å². The minimum absolute atomic E-state index is 1.10. The fraction of sp³-hybridized carbons (Fsp3) is 0. The summed E-state index contributed by atoms with van der Waals surface area (Å²) in [6.45, 7) is 0. The first-order chi connectivity index (χ1) is 26.3. The fourth-order valence-corrected chi connectivity index (χ4v) is 8.08. The Balaban J connectivity index is 1.10. The maximum absolute atomic E-state index is 2.38. The standard InChI is InChI=1S/C52H35N/c1-2-13-36(14-3-1)39-17-10-19-43(33-39)53(44-20-11-18-41(34-44)46-26-12-16-38-15-4-5-21-45(38)46)42-30-27-37(28-31-42)40-29-32-51-49-24-7-6-22-47(49)48-23-8-9-25-50(48)52(51)35-40/h1-35H. The Morgan fingerprint density at radius 1 is 0.226 bits per heavy atom. The van der Waals surface area contributed by atoms with Gasteiger partial charge in [0, 0.05) is 17.1 Å². The van der Waals surface area contributed by atoms with Crippen LogP contribution in [0.1, 0.15) is 0 Å². The van der Waals surface area contributed by atoms with Gasteiger partial charge in [-0.15, -0.1) is 0 Å². The van der Waals surface area contributed by atoms with Crippen LogP contribution in [0.25, 0.3) is 76.5 Å². The molecule has 1 nitrogen and oxygen atoms in total. The van der Waals surface area contributed by atoms with E-state index in [1.54, 1.807) is 0 Å². The monoisotopic (exact) mass is 673 g/mol. The number of rotatable bonds is 6. The summed E-state index contributed by atoms with van der Waals surface area (Å²) in [5.41, 5.74) is 10.5. The van der Waals surface area contributed by atoms with E-state index in [2.05, 4.69) is 217 Å². The highest BCUT2D eigenvalue weighted by atomic mass is 15.1. The molecule has 0 amide bonds. The second kappa shape index (κ2) is 13.0. The molecule has 0 unspecified atom stereocenters. The third kappa shape index (κ3) is 5.51. The Hall–Kier alpha value is -6.96. The Labute approximate surface area is 309 Å². The van der Waals surface area contributed by atoms with Crippen LogP contribution in [0, 0.1) is 0 Å². The number of hydrogen-bond acceptors (Lipinski definition) is 1. The average Bonchev–Trinajstić information content (AvgIpc) is 3.24. The van der Waals surface area contributed by atoms with Gasteiger partial charge in [0.1, 0.15) is 0 Å². The van der Waals surface area contributed by atoms with Crippen LogP contribution in [0.4, 0.5) is 17.1 Å². The van der Waals surface area contributed by atoms with Crippen molar-refractivity contribution in [2.24, 2.45) is 0 Å². The van der Waals surface area contributed by atoms with Crippen LogP contribution in [0.2, 0.25) is 0 Å². The SMILES string of the molecule is c1ccc(-c2cccc(N(c3ccc(-c4ccc5c6ccccc6c6ccccc6c5c4)cc3)c3cccc(-c4cccc5ccccc45)c3)c2)cc1. The summed E-state index contributed by atoms with van der Waals surface area (Å²) >= 11 is 0. The predicted octanol–water partition coefficient (Wildman–Crippen LogP) is 14.8. The molecule has 1 heteroatoms. The molecule has 0 aliphatic carbocycles. The summed E-state index contributed by atoms with van der Waals surface area (Å²) in [5.74, 6) is 0. The van der Waals surface area contributed by atoms with Crippen LogP contribution in [-0.2, 0) is 0 Å². The molecule has 0 atom stereocenters. The second-order valence-corrected chi connectivity index (χ2v) is 13.7. The van der Waals surface area contributed by atoms with Crippen molar-refractivity contribution in [2.45, 2.75) is 0 Å². The molecule has 0 aromatic heterocycles. The van der Waals surface area contributed by atoms with E-state index in [0.717, 1.165) is 17.1 Å². The summed E-state index contributed by atoms with van der Waals surface area (Å²) < 4.78 is 0. The summed E-state index contributed by atoms with van der Waals surface area (Å²) in [6, 6.07) is 77.2. The first-order valence-electron chi connectivity index (χ1n) is 18.3. The lowest BCUT2D eigenvalue weighted by atomic mass is 9.92. The molecule has 248 valence electrons. The van der Waals surface area contributed by atoms with Gasteiger partial charge in [0.05, 0.1) is 0 Å². The Morgan fingerprint density at radius 3 is 1.38 bits per heavy atom. The van der Waals surface area contributed by atoms with E-state index in [1.165, 1.54) is 76.5 Å². The van der Waals surface area contributed by atoms with Gasteiger partial charge >= 0.3 is 0 Å². The molecule has 0 bridgehead atoms. The zero-order chi connectivity index (χ0) is 35.1.